The van der Waals surface area contributed by atoms with Gasteiger partial charge in [0.25, 0.3) is 0 Å². The highest BCUT2D eigenvalue weighted by atomic mass is 35.5. The number of ether oxygens (including phenoxy) is 1. The van der Waals surface area contributed by atoms with Crippen LogP contribution in [0.5, 0.6) is 5.75 Å². The van der Waals surface area contributed by atoms with Crippen molar-refractivity contribution in [1.29, 1.82) is 0 Å². The van der Waals surface area contributed by atoms with Crippen LogP contribution in [0, 0.1) is 0 Å². The molecule has 0 atom stereocenters. The largest absolute Gasteiger partial charge is 0.492 e. The summed E-state index contributed by atoms with van der Waals surface area (Å²) in [6.07, 6.45) is 3.93. The van der Waals surface area contributed by atoms with Crippen molar-refractivity contribution in [3.8, 4) is 5.75 Å². The molecule has 1 fully saturated rings. The number of anilines is 1. The third kappa shape index (κ3) is 2.37. The number of para-hydroxylation sites is 1. The van der Waals surface area contributed by atoms with Crippen molar-refractivity contribution < 1.29 is 4.74 Å². The molecule has 0 saturated carbocycles. The molecule has 23 heavy (non-hydrogen) atoms. The fourth-order valence-corrected chi connectivity index (χ4v) is 4.08. The van der Waals surface area contributed by atoms with Gasteiger partial charge in [-0.25, -0.2) is 0 Å². The number of aromatic nitrogens is 1. The lowest BCUT2D eigenvalue weighted by atomic mass is 9.74. The van der Waals surface area contributed by atoms with E-state index in [1.165, 1.54) is 5.56 Å². The second kappa shape index (κ2) is 5.69. The number of halogens is 1. The zero-order valence-corrected chi connectivity index (χ0v) is 13.7. The molecule has 0 amide bonds. The van der Waals surface area contributed by atoms with Gasteiger partial charge in [-0.15, -0.1) is 0 Å². The molecule has 1 saturated heterocycles. The van der Waals surface area contributed by atoms with Crippen LogP contribution in [0.1, 0.15) is 24.1 Å². The molecule has 120 valence electrons. The minimum absolute atomic E-state index is 0.156. The van der Waals surface area contributed by atoms with Gasteiger partial charge in [0.2, 0.25) is 0 Å². The zero-order chi connectivity index (χ0) is 15.9. The molecule has 1 aromatic heterocycles. The van der Waals surface area contributed by atoms with Crippen LogP contribution in [0.15, 0.2) is 36.5 Å². The Morgan fingerprint density at radius 2 is 2.00 bits per heavy atom. The van der Waals surface area contributed by atoms with Crippen LogP contribution in [-0.4, -0.2) is 24.7 Å². The Morgan fingerprint density at radius 3 is 2.78 bits per heavy atom. The van der Waals surface area contributed by atoms with Crippen molar-refractivity contribution in [2.45, 2.75) is 24.8 Å². The van der Waals surface area contributed by atoms with Gasteiger partial charge in [-0.1, -0.05) is 29.8 Å². The van der Waals surface area contributed by atoms with Crippen LogP contribution in [-0.2, 0) is 12.0 Å². The predicted octanol–water partition coefficient (Wildman–Crippen LogP) is 3.12. The summed E-state index contributed by atoms with van der Waals surface area (Å²) in [5.74, 6) is 1.05. The Kier molecular flexibility index (Phi) is 3.66. The maximum atomic E-state index is 6.47. The van der Waals surface area contributed by atoms with Crippen molar-refractivity contribution >= 4 is 17.3 Å². The van der Waals surface area contributed by atoms with Gasteiger partial charge >= 0.3 is 0 Å². The Labute approximate surface area is 141 Å². The second-order valence-electron chi connectivity index (χ2n) is 6.35. The summed E-state index contributed by atoms with van der Waals surface area (Å²) < 4.78 is 5.92. The lowest BCUT2D eigenvalue weighted by Gasteiger charge is -2.40. The molecule has 1 spiro atoms. The zero-order valence-electron chi connectivity index (χ0n) is 13.0. The number of hydrogen-bond acceptors (Lipinski definition) is 4. The minimum Gasteiger partial charge on any atom is -0.492 e. The van der Waals surface area contributed by atoms with E-state index in [-0.39, 0.29) is 5.41 Å². The van der Waals surface area contributed by atoms with Crippen molar-refractivity contribution in [2.24, 2.45) is 5.73 Å². The first-order chi connectivity index (χ1) is 11.2. The standard InChI is InChI=1S/C18H20ClN3O/c19-17-14(11-20)21-8-5-15(17)22-9-6-18(7-10-22)12-23-16-4-2-1-3-13(16)18/h1-5,8H,6-7,9-12,20H2. The molecule has 2 aliphatic heterocycles. The van der Waals surface area contributed by atoms with Crippen LogP contribution >= 0.6 is 11.6 Å². The molecule has 4 nitrogen and oxygen atoms in total. The highest BCUT2D eigenvalue weighted by Gasteiger charge is 2.43. The highest BCUT2D eigenvalue weighted by molar-refractivity contribution is 6.33. The molecule has 4 rings (SSSR count). The minimum atomic E-state index is 0.156. The second-order valence-corrected chi connectivity index (χ2v) is 6.73. The average Bonchev–Trinajstić information content (AvgIpc) is 2.95. The summed E-state index contributed by atoms with van der Waals surface area (Å²) in [5.41, 5.74) is 9.04. The molecular weight excluding hydrogens is 310 g/mol. The number of pyridine rings is 1. The Hall–Kier alpha value is -1.78. The summed E-state index contributed by atoms with van der Waals surface area (Å²) in [4.78, 5) is 6.59. The Morgan fingerprint density at radius 1 is 1.22 bits per heavy atom. The summed E-state index contributed by atoms with van der Waals surface area (Å²) in [6.45, 7) is 3.08. The first-order valence-electron chi connectivity index (χ1n) is 8.04. The van der Waals surface area contributed by atoms with Gasteiger partial charge in [-0.05, 0) is 25.0 Å². The molecule has 1 aromatic carbocycles. The molecule has 2 aromatic rings. The van der Waals surface area contributed by atoms with E-state index in [2.05, 4.69) is 28.1 Å². The van der Waals surface area contributed by atoms with Gasteiger partial charge in [0, 0.05) is 36.8 Å². The number of benzene rings is 1. The van der Waals surface area contributed by atoms with E-state index >= 15 is 0 Å². The predicted molar refractivity (Wildman–Crippen MR) is 92.2 cm³/mol. The average molecular weight is 330 g/mol. The molecule has 3 heterocycles. The van der Waals surface area contributed by atoms with Crippen LogP contribution in [0.2, 0.25) is 5.02 Å². The van der Waals surface area contributed by atoms with Gasteiger partial charge in [0.1, 0.15) is 5.75 Å². The molecule has 5 heteroatoms. The summed E-state index contributed by atoms with van der Waals surface area (Å²) in [6, 6.07) is 10.4. The topological polar surface area (TPSA) is 51.4 Å². The van der Waals surface area contributed by atoms with E-state index in [1.807, 2.05) is 12.1 Å². The number of nitrogens with zero attached hydrogens (tertiary/aromatic N) is 2. The van der Waals surface area contributed by atoms with Crippen molar-refractivity contribution in [3.63, 3.8) is 0 Å². The maximum Gasteiger partial charge on any atom is 0.123 e. The number of rotatable bonds is 2. The highest BCUT2D eigenvalue weighted by Crippen LogP contribution is 2.46. The molecule has 0 unspecified atom stereocenters. The van der Waals surface area contributed by atoms with Crippen LogP contribution < -0.4 is 15.4 Å². The van der Waals surface area contributed by atoms with Crippen LogP contribution in [0.4, 0.5) is 5.69 Å². The lowest BCUT2D eigenvalue weighted by molar-refractivity contribution is 0.230. The maximum absolute atomic E-state index is 6.47. The first kappa shape index (κ1) is 14.8. The number of fused-ring (bicyclic) bond motifs is 2. The molecular formula is C18H20ClN3O. The SMILES string of the molecule is NCc1nccc(N2CCC3(CC2)COc2ccccc23)c1Cl. The van der Waals surface area contributed by atoms with E-state index < -0.39 is 0 Å². The third-order valence-electron chi connectivity index (χ3n) is 5.16. The Balaban J connectivity index is 1.57. The lowest BCUT2D eigenvalue weighted by Crippen LogP contribution is -2.43. The van der Waals surface area contributed by atoms with Gasteiger partial charge < -0.3 is 15.4 Å². The molecule has 2 N–H and O–H groups in total. The smallest absolute Gasteiger partial charge is 0.123 e. The van der Waals surface area contributed by atoms with Crippen molar-refractivity contribution in [2.75, 3.05) is 24.6 Å². The molecule has 2 aliphatic rings. The fourth-order valence-electron chi connectivity index (χ4n) is 3.78. The van der Waals surface area contributed by atoms with Crippen molar-refractivity contribution in [3.05, 3.63) is 52.8 Å². The van der Waals surface area contributed by atoms with E-state index in [0.717, 1.165) is 49.7 Å². The fraction of sp³-hybridized carbons (Fsp3) is 0.389. The quantitative estimate of drug-likeness (QED) is 0.919. The van der Waals surface area contributed by atoms with E-state index in [4.69, 9.17) is 22.1 Å². The Bertz CT molecular complexity index is 726. The summed E-state index contributed by atoms with van der Waals surface area (Å²) in [7, 11) is 0. The first-order valence-corrected chi connectivity index (χ1v) is 8.42. The molecule has 0 aliphatic carbocycles. The summed E-state index contributed by atoms with van der Waals surface area (Å²) in [5, 5.41) is 0.689. The third-order valence-corrected chi connectivity index (χ3v) is 5.57. The number of hydrogen-bond donors (Lipinski definition) is 1. The monoisotopic (exact) mass is 329 g/mol. The van der Waals surface area contributed by atoms with E-state index in [1.54, 1.807) is 6.20 Å². The number of nitrogens with two attached hydrogens (primary N) is 1. The van der Waals surface area contributed by atoms with Crippen molar-refractivity contribution in [1.82, 2.24) is 4.98 Å². The molecule has 0 bridgehead atoms. The van der Waals surface area contributed by atoms with E-state index in [0.29, 0.717) is 11.6 Å². The van der Waals surface area contributed by atoms with Crippen LogP contribution in [0.3, 0.4) is 0 Å². The molecule has 0 radical (unpaired) electrons. The normalized spacial score (nSPS) is 18.8. The van der Waals surface area contributed by atoms with Gasteiger partial charge in [0.15, 0.2) is 0 Å². The van der Waals surface area contributed by atoms with E-state index in [9.17, 15) is 0 Å². The van der Waals surface area contributed by atoms with Gasteiger partial charge in [-0.3, -0.25) is 4.98 Å². The number of piperidine rings is 1. The van der Waals surface area contributed by atoms with Gasteiger partial charge in [0.05, 0.1) is 23.0 Å². The summed E-state index contributed by atoms with van der Waals surface area (Å²) >= 11 is 6.47. The van der Waals surface area contributed by atoms with Gasteiger partial charge in [-0.2, -0.15) is 0 Å². The van der Waals surface area contributed by atoms with Crippen LogP contribution in [0.25, 0.3) is 0 Å².